The molecule has 0 saturated heterocycles. The summed E-state index contributed by atoms with van der Waals surface area (Å²) in [6.45, 7) is 3.22. The average molecular weight is 267 g/mol. The van der Waals surface area contributed by atoms with Gasteiger partial charge in [0, 0.05) is 5.71 Å². The van der Waals surface area contributed by atoms with Crippen molar-refractivity contribution in [2.45, 2.75) is 26.2 Å². The summed E-state index contributed by atoms with van der Waals surface area (Å²) in [5, 5.41) is 7.48. The van der Waals surface area contributed by atoms with Crippen molar-refractivity contribution in [2.24, 2.45) is 0 Å². The average Bonchev–Trinajstić information content (AvgIpc) is 2.36. The smallest absolute Gasteiger partial charge is 0.212 e. The van der Waals surface area contributed by atoms with Gasteiger partial charge in [-0.05, 0) is 18.4 Å². The third-order valence-corrected chi connectivity index (χ3v) is 3.65. The van der Waals surface area contributed by atoms with E-state index in [9.17, 15) is 8.42 Å². The van der Waals surface area contributed by atoms with Crippen LogP contribution in [0.5, 0.6) is 0 Å². The van der Waals surface area contributed by atoms with E-state index in [0.29, 0.717) is 18.6 Å². The van der Waals surface area contributed by atoms with Crippen molar-refractivity contribution in [3.8, 4) is 0 Å². The van der Waals surface area contributed by atoms with Crippen molar-refractivity contribution >= 4 is 15.7 Å². The first-order chi connectivity index (χ1) is 8.53. The number of hydrogen-bond acceptors (Lipinski definition) is 3. The molecular formula is C13H19N2O2S. The zero-order chi connectivity index (χ0) is 13.4. The van der Waals surface area contributed by atoms with Gasteiger partial charge in [0.15, 0.2) is 0 Å². The van der Waals surface area contributed by atoms with Crippen molar-refractivity contribution in [1.29, 1.82) is 5.41 Å². The first kappa shape index (κ1) is 14.9. The van der Waals surface area contributed by atoms with Crippen LogP contribution in [0.3, 0.4) is 0 Å². The van der Waals surface area contributed by atoms with E-state index in [4.69, 9.17) is 5.41 Å². The largest absolute Gasteiger partial charge is 0.308 e. The second-order valence-corrected chi connectivity index (χ2v) is 5.97. The summed E-state index contributed by atoms with van der Waals surface area (Å²) in [4.78, 5) is 0. The number of nitrogens with one attached hydrogen (secondary N) is 2. The molecule has 0 saturated carbocycles. The molecule has 0 fully saturated rings. The highest BCUT2D eigenvalue weighted by Gasteiger charge is 2.11. The molecule has 18 heavy (non-hydrogen) atoms. The van der Waals surface area contributed by atoms with Crippen LogP contribution in [0.4, 0.5) is 0 Å². The molecule has 2 N–H and O–H groups in total. The maximum atomic E-state index is 11.7. The van der Waals surface area contributed by atoms with Crippen molar-refractivity contribution in [3.05, 3.63) is 42.4 Å². The normalized spacial score (nSPS) is 11.4. The van der Waals surface area contributed by atoms with E-state index in [-0.39, 0.29) is 5.75 Å². The summed E-state index contributed by atoms with van der Waals surface area (Å²) in [5.41, 5.74) is 1.30. The topological polar surface area (TPSA) is 70.0 Å². The SMILES string of the molecule is CCCC(=N)[CH]NS(=O)(=O)CCc1ccccc1. The minimum absolute atomic E-state index is 0.0346. The molecule has 0 bridgehead atoms. The Morgan fingerprint density at radius 1 is 1.33 bits per heavy atom. The summed E-state index contributed by atoms with van der Waals surface area (Å²) in [6.07, 6.45) is 1.90. The second-order valence-electron chi connectivity index (χ2n) is 4.09. The fourth-order valence-electron chi connectivity index (χ4n) is 1.46. The van der Waals surface area contributed by atoms with Crippen molar-refractivity contribution in [3.63, 3.8) is 0 Å². The highest BCUT2D eigenvalue weighted by molar-refractivity contribution is 7.89. The third kappa shape index (κ3) is 5.93. The van der Waals surface area contributed by atoms with E-state index in [2.05, 4.69) is 4.72 Å². The highest BCUT2D eigenvalue weighted by Crippen LogP contribution is 2.02. The monoisotopic (exact) mass is 267 g/mol. The van der Waals surface area contributed by atoms with E-state index < -0.39 is 10.0 Å². The summed E-state index contributed by atoms with van der Waals surface area (Å²) < 4.78 is 25.7. The van der Waals surface area contributed by atoms with Crippen LogP contribution in [0.25, 0.3) is 0 Å². The molecule has 0 aliphatic heterocycles. The Hall–Kier alpha value is -1.20. The zero-order valence-electron chi connectivity index (χ0n) is 10.5. The Labute approximate surface area is 109 Å². The Bertz CT molecular complexity index is 469. The summed E-state index contributed by atoms with van der Waals surface area (Å²) >= 11 is 0. The molecule has 0 amide bonds. The van der Waals surface area contributed by atoms with Crippen molar-refractivity contribution < 1.29 is 8.42 Å². The lowest BCUT2D eigenvalue weighted by molar-refractivity contribution is 0.588. The van der Waals surface area contributed by atoms with Crippen LogP contribution in [0, 0.1) is 12.0 Å². The molecule has 1 rings (SSSR count). The van der Waals surface area contributed by atoms with Gasteiger partial charge in [-0.15, -0.1) is 0 Å². The predicted octanol–water partition coefficient (Wildman–Crippen LogP) is 2.13. The first-order valence-electron chi connectivity index (χ1n) is 5.98. The quantitative estimate of drug-likeness (QED) is 0.708. The molecule has 0 unspecified atom stereocenters. The molecule has 1 aromatic carbocycles. The fourth-order valence-corrected chi connectivity index (χ4v) is 2.40. The van der Waals surface area contributed by atoms with Gasteiger partial charge in [0.05, 0.1) is 12.3 Å². The maximum Gasteiger partial charge on any atom is 0.212 e. The van der Waals surface area contributed by atoms with Gasteiger partial charge in [-0.3, -0.25) is 0 Å². The summed E-state index contributed by atoms with van der Waals surface area (Å²) in [7, 11) is -3.34. The molecule has 1 aromatic rings. The fraction of sp³-hybridized carbons (Fsp3) is 0.385. The van der Waals surface area contributed by atoms with Crippen LogP contribution in [0.2, 0.25) is 0 Å². The standard InChI is InChI=1S/C13H19N2O2S/c1-2-6-13(14)11-15-18(16,17)10-9-12-7-4-3-5-8-12/h3-5,7-8,11,14-15H,2,6,9-10H2,1H3. The third-order valence-electron chi connectivity index (χ3n) is 2.43. The highest BCUT2D eigenvalue weighted by atomic mass is 32.2. The van der Waals surface area contributed by atoms with Gasteiger partial charge < -0.3 is 5.41 Å². The van der Waals surface area contributed by atoms with Gasteiger partial charge in [0.1, 0.15) is 0 Å². The summed E-state index contributed by atoms with van der Waals surface area (Å²) in [5.74, 6) is 0.0346. The zero-order valence-corrected chi connectivity index (χ0v) is 11.3. The van der Waals surface area contributed by atoms with E-state index in [1.807, 2.05) is 37.3 Å². The number of rotatable bonds is 8. The van der Waals surface area contributed by atoms with Crippen LogP contribution in [-0.2, 0) is 16.4 Å². The minimum atomic E-state index is -3.34. The first-order valence-corrected chi connectivity index (χ1v) is 7.63. The Balaban J connectivity index is 2.38. The van der Waals surface area contributed by atoms with Crippen LogP contribution < -0.4 is 4.72 Å². The van der Waals surface area contributed by atoms with Gasteiger partial charge in [0.25, 0.3) is 0 Å². The molecule has 0 spiro atoms. The van der Waals surface area contributed by atoms with Gasteiger partial charge in [-0.1, -0.05) is 43.7 Å². The van der Waals surface area contributed by atoms with Gasteiger partial charge in [0.2, 0.25) is 10.0 Å². The van der Waals surface area contributed by atoms with E-state index >= 15 is 0 Å². The Kier molecular flexibility index (Phi) is 6.01. The maximum absolute atomic E-state index is 11.7. The molecular weight excluding hydrogens is 248 g/mol. The van der Waals surface area contributed by atoms with Crippen LogP contribution in [0.1, 0.15) is 25.3 Å². The molecule has 5 heteroatoms. The Morgan fingerprint density at radius 3 is 2.61 bits per heavy atom. The second kappa shape index (κ2) is 7.28. The molecule has 0 aromatic heterocycles. The van der Waals surface area contributed by atoms with E-state index in [1.165, 1.54) is 6.54 Å². The lowest BCUT2D eigenvalue weighted by Crippen LogP contribution is -2.27. The molecule has 0 heterocycles. The Morgan fingerprint density at radius 2 is 2.00 bits per heavy atom. The number of hydrogen-bond donors (Lipinski definition) is 2. The molecule has 4 nitrogen and oxygen atoms in total. The molecule has 0 aliphatic carbocycles. The molecule has 1 radical (unpaired) electrons. The number of benzene rings is 1. The van der Waals surface area contributed by atoms with Crippen molar-refractivity contribution in [2.75, 3.05) is 5.75 Å². The van der Waals surface area contributed by atoms with Crippen LogP contribution in [0.15, 0.2) is 30.3 Å². The van der Waals surface area contributed by atoms with Gasteiger partial charge >= 0.3 is 0 Å². The van der Waals surface area contributed by atoms with Gasteiger partial charge in [-0.25, -0.2) is 13.1 Å². The molecule has 0 aliphatic rings. The molecule has 0 atom stereocenters. The summed E-state index contributed by atoms with van der Waals surface area (Å²) in [6, 6.07) is 9.48. The van der Waals surface area contributed by atoms with Crippen molar-refractivity contribution in [1.82, 2.24) is 4.72 Å². The predicted molar refractivity (Wildman–Crippen MR) is 74.0 cm³/mol. The van der Waals surface area contributed by atoms with E-state index in [0.717, 1.165) is 12.0 Å². The van der Waals surface area contributed by atoms with Crippen LogP contribution in [-0.4, -0.2) is 19.9 Å². The van der Waals surface area contributed by atoms with Crippen LogP contribution >= 0.6 is 0 Å². The number of aryl methyl sites for hydroxylation is 1. The number of sulfonamides is 1. The minimum Gasteiger partial charge on any atom is -0.308 e. The lowest BCUT2D eigenvalue weighted by atomic mass is 10.2. The lowest BCUT2D eigenvalue weighted by Gasteiger charge is -2.06. The molecule has 99 valence electrons. The van der Waals surface area contributed by atoms with E-state index in [1.54, 1.807) is 0 Å². The van der Waals surface area contributed by atoms with Gasteiger partial charge in [-0.2, -0.15) is 0 Å².